The van der Waals surface area contributed by atoms with Crippen LogP contribution in [-0.4, -0.2) is 15.3 Å². The van der Waals surface area contributed by atoms with Gasteiger partial charge in [0.2, 0.25) is 5.78 Å². The summed E-state index contributed by atoms with van der Waals surface area (Å²) in [6.45, 7) is 0.752. The Balaban J connectivity index is 2.02. The average molecular weight is 225 g/mol. The van der Waals surface area contributed by atoms with Gasteiger partial charge in [0, 0.05) is 18.4 Å². The van der Waals surface area contributed by atoms with E-state index in [-0.39, 0.29) is 11.7 Å². The standard InChI is InChI=1S/C13H11N3O/c14-8-9-5-7-16-11(9)3-4-12(16)13(17)10-2-1-6-15-10/h1-4,6,9,15H,5,7H2. The maximum absolute atomic E-state index is 12.2. The molecule has 84 valence electrons. The fourth-order valence-electron chi connectivity index (χ4n) is 2.38. The molecule has 17 heavy (non-hydrogen) atoms. The molecule has 1 N–H and O–H groups in total. The largest absolute Gasteiger partial charge is 0.358 e. The van der Waals surface area contributed by atoms with Crippen LogP contribution >= 0.6 is 0 Å². The quantitative estimate of drug-likeness (QED) is 0.795. The van der Waals surface area contributed by atoms with Crippen molar-refractivity contribution in [3.8, 4) is 6.07 Å². The summed E-state index contributed by atoms with van der Waals surface area (Å²) in [4.78, 5) is 15.1. The van der Waals surface area contributed by atoms with Crippen LogP contribution in [0.15, 0.2) is 30.5 Å². The van der Waals surface area contributed by atoms with Crippen molar-refractivity contribution in [1.29, 1.82) is 5.26 Å². The number of nitrogens with zero attached hydrogens (tertiary/aromatic N) is 2. The number of nitriles is 1. The Hall–Kier alpha value is -2.28. The molecule has 4 heteroatoms. The van der Waals surface area contributed by atoms with Crippen molar-refractivity contribution in [3.63, 3.8) is 0 Å². The zero-order valence-electron chi connectivity index (χ0n) is 9.18. The molecule has 3 rings (SSSR count). The average Bonchev–Trinajstić information content (AvgIpc) is 3.05. The Morgan fingerprint density at radius 2 is 2.35 bits per heavy atom. The number of ketones is 1. The minimum Gasteiger partial charge on any atom is -0.358 e. The highest BCUT2D eigenvalue weighted by Gasteiger charge is 2.27. The number of carbonyl (C=O) groups is 1. The first kappa shape index (κ1) is 9.91. The third-order valence-electron chi connectivity index (χ3n) is 3.24. The predicted molar refractivity (Wildman–Crippen MR) is 61.6 cm³/mol. The topological polar surface area (TPSA) is 61.6 Å². The Morgan fingerprint density at radius 3 is 3.06 bits per heavy atom. The van der Waals surface area contributed by atoms with Gasteiger partial charge in [-0.25, -0.2) is 0 Å². The van der Waals surface area contributed by atoms with Crippen LogP contribution in [0.4, 0.5) is 0 Å². The van der Waals surface area contributed by atoms with Gasteiger partial charge in [0.25, 0.3) is 0 Å². The highest BCUT2D eigenvalue weighted by atomic mass is 16.1. The zero-order chi connectivity index (χ0) is 11.8. The van der Waals surface area contributed by atoms with Crippen molar-refractivity contribution in [2.75, 3.05) is 0 Å². The summed E-state index contributed by atoms with van der Waals surface area (Å²) in [5, 5.41) is 8.99. The van der Waals surface area contributed by atoms with E-state index in [1.165, 1.54) is 0 Å². The van der Waals surface area contributed by atoms with E-state index in [2.05, 4.69) is 11.1 Å². The van der Waals surface area contributed by atoms with Crippen LogP contribution in [0.3, 0.4) is 0 Å². The lowest BCUT2D eigenvalue weighted by Gasteiger charge is -2.03. The number of rotatable bonds is 2. The molecule has 0 amide bonds. The van der Waals surface area contributed by atoms with Crippen molar-refractivity contribution < 1.29 is 4.79 Å². The number of H-pyrrole nitrogens is 1. The molecule has 4 nitrogen and oxygen atoms in total. The fraction of sp³-hybridized carbons (Fsp3) is 0.231. The van der Waals surface area contributed by atoms with E-state index in [0.717, 1.165) is 18.7 Å². The first-order valence-corrected chi connectivity index (χ1v) is 5.58. The lowest BCUT2D eigenvalue weighted by Crippen LogP contribution is -2.09. The van der Waals surface area contributed by atoms with Crippen LogP contribution in [0.25, 0.3) is 0 Å². The van der Waals surface area contributed by atoms with E-state index >= 15 is 0 Å². The first-order valence-electron chi connectivity index (χ1n) is 5.58. The SMILES string of the molecule is N#CC1CCn2c(C(=O)c3ccc[nH]3)ccc21. The summed E-state index contributed by atoms with van der Waals surface area (Å²) in [5.74, 6) is -0.0833. The molecule has 0 spiro atoms. The summed E-state index contributed by atoms with van der Waals surface area (Å²) in [5.41, 5.74) is 2.22. The van der Waals surface area contributed by atoms with Gasteiger partial charge in [-0.05, 0) is 30.7 Å². The van der Waals surface area contributed by atoms with E-state index in [0.29, 0.717) is 11.4 Å². The molecule has 0 radical (unpaired) electrons. The molecule has 0 fully saturated rings. The van der Waals surface area contributed by atoms with Crippen LogP contribution in [0.1, 0.15) is 34.2 Å². The Kier molecular flexibility index (Phi) is 2.12. The second kappa shape index (κ2) is 3.63. The first-order chi connectivity index (χ1) is 8.31. The van der Waals surface area contributed by atoms with Crippen LogP contribution in [-0.2, 0) is 6.54 Å². The number of nitrogens with one attached hydrogen (secondary N) is 1. The van der Waals surface area contributed by atoms with Crippen LogP contribution < -0.4 is 0 Å². The normalized spacial score (nSPS) is 17.7. The lowest BCUT2D eigenvalue weighted by atomic mass is 10.1. The van der Waals surface area contributed by atoms with Crippen molar-refractivity contribution in [2.45, 2.75) is 18.9 Å². The van der Waals surface area contributed by atoms with E-state index in [1.807, 2.05) is 16.7 Å². The maximum Gasteiger partial charge on any atom is 0.225 e. The van der Waals surface area contributed by atoms with Gasteiger partial charge in [0.15, 0.2) is 0 Å². The highest BCUT2D eigenvalue weighted by molar-refractivity contribution is 6.06. The van der Waals surface area contributed by atoms with E-state index in [4.69, 9.17) is 5.26 Å². The number of aromatic amines is 1. The number of carbonyl (C=O) groups excluding carboxylic acids is 1. The number of hydrogen-bond acceptors (Lipinski definition) is 2. The Morgan fingerprint density at radius 1 is 1.47 bits per heavy atom. The van der Waals surface area contributed by atoms with E-state index in [9.17, 15) is 4.79 Å². The Bertz CT molecular complexity index is 601. The molecule has 0 aromatic carbocycles. The molecule has 1 atom stereocenters. The van der Waals surface area contributed by atoms with Crippen molar-refractivity contribution >= 4 is 5.78 Å². The number of aromatic nitrogens is 2. The molecular formula is C13H11N3O. The van der Waals surface area contributed by atoms with Gasteiger partial charge >= 0.3 is 0 Å². The van der Waals surface area contributed by atoms with Gasteiger partial charge in [-0.15, -0.1) is 0 Å². The van der Waals surface area contributed by atoms with Crippen molar-refractivity contribution in [2.24, 2.45) is 0 Å². The van der Waals surface area contributed by atoms with Crippen LogP contribution in [0, 0.1) is 11.3 Å². The van der Waals surface area contributed by atoms with Gasteiger partial charge < -0.3 is 9.55 Å². The molecule has 0 saturated carbocycles. The lowest BCUT2D eigenvalue weighted by molar-refractivity contribution is 0.102. The van der Waals surface area contributed by atoms with Gasteiger partial charge in [0.1, 0.15) is 0 Å². The number of fused-ring (bicyclic) bond motifs is 1. The molecule has 3 heterocycles. The minimum atomic E-state index is -0.0693. The monoisotopic (exact) mass is 225 g/mol. The summed E-state index contributed by atoms with van der Waals surface area (Å²) >= 11 is 0. The highest BCUT2D eigenvalue weighted by Crippen LogP contribution is 2.30. The molecule has 0 saturated heterocycles. The third-order valence-corrected chi connectivity index (χ3v) is 3.24. The smallest absolute Gasteiger partial charge is 0.225 e. The second-order valence-electron chi connectivity index (χ2n) is 4.18. The van der Waals surface area contributed by atoms with E-state index < -0.39 is 0 Å². The fourth-order valence-corrected chi connectivity index (χ4v) is 2.38. The zero-order valence-corrected chi connectivity index (χ0v) is 9.18. The van der Waals surface area contributed by atoms with Gasteiger partial charge in [-0.1, -0.05) is 0 Å². The maximum atomic E-state index is 12.2. The number of hydrogen-bond donors (Lipinski definition) is 1. The van der Waals surface area contributed by atoms with E-state index in [1.54, 1.807) is 18.3 Å². The summed E-state index contributed by atoms with van der Waals surface area (Å²) in [7, 11) is 0. The Labute approximate surface area is 98.5 Å². The molecule has 0 bridgehead atoms. The summed E-state index contributed by atoms with van der Waals surface area (Å²) < 4.78 is 1.96. The minimum absolute atomic E-state index is 0.0140. The predicted octanol–water partition coefficient (Wildman–Crippen LogP) is 2.06. The van der Waals surface area contributed by atoms with Crippen LogP contribution in [0.2, 0.25) is 0 Å². The summed E-state index contributed by atoms with van der Waals surface area (Å²) in [6.07, 6.45) is 2.54. The second-order valence-corrected chi connectivity index (χ2v) is 4.18. The molecule has 1 unspecified atom stereocenters. The molecule has 2 aromatic heterocycles. The molecule has 1 aliphatic heterocycles. The van der Waals surface area contributed by atoms with Crippen molar-refractivity contribution in [3.05, 3.63) is 47.5 Å². The summed E-state index contributed by atoms with van der Waals surface area (Å²) in [6, 6.07) is 9.53. The molecular weight excluding hydrogens is 214 g/mol. The molecule has 0 aliphatic carbocycles. The van der Waals surface area contributed by atoms with Gasteiger partial charge in [-0.2, -0.15) is 5.26 Å². The third kappa shape index (κ3) is 1.40. The van der Waals surface area contributed by atoms with Crippen LogP contribution in [0.5, 0.6) is 0 Å². The molecule has 2 aromatic rings. The van der Waals surface area contributed by atoms with Gasteiger partial charge in [0.05, 0.1) is 23.4 Å². The van der Waals surface area contributed by atoms with Crippen molar-refractivity contribution in [1.82, 2.24) is 9.55 Å². The molecule has 1 aliphatic rings. The van der Waals surface area contributed by atoms with Gasteiger partial charge in [-0.3, -0.25) is 4.79 Å².